The molecule has 76 valence electrons. The summed E-state index contributed by atoms with van der Waals surface area (Å²) in [6.07, 6.45) is 1.93. The fourth-order valence-electron chi connectivity index (χ4n) is 1.85. The quantitative estimate of drug-likeness (QED) is 0.647. The largest absolute Gasteiger partial charge is 0.378 e. The van der Waals surface area contributed by atoms with Gasteiger partial charge in [-0.05, 0) is 19.8 Å². The molecule has 4 nitrogen and oxygen atoms in total. The Hall–Kier alpha value is -0.130. The molecule has 0 aromatic heterocycles. The van der Waals surface area contributed by atoms with Gasteiger partial charge in [-0.15, -0.1) is 0 Å². The van der Waals surface area contributed by atoms with Crippen LogP contribution in [0.3, 0.4) is 0 Å². The lowest BCUT2D eigenvalue weighted by molar-refractivity contribution is 0.0215. The molecule has 0 aromatic rings. The maximum absolute atomic E-state index is 11.7. The first-order chi connectivity index (χ1) is 6.11. The monoisotopic (exact) mass is 205 g/mol. The molecular weight excluding hydrogens is 190 g/mol. The molecular formula is C8H15NO3S. The van der Waals surface area contributed by atoms with Gasteiger partial charge in [0.25, 0.3) is 0 Å². The van der Waals surface area contributed by atoms with Crippen molar-refractivity contribution in [2.45, 2.75) is 25.3 Å². The summed E-state index contributed by atoms with van der Waals surface area (Å²) in [5, 5.41) is 0. The van der Waals surface area contributed by atoms with Gasteiger partial charge >= 0.3 is 0 Å². The minimum atomic E-state index is -3.01. The third-order valence-corrected chi connectivity index (χ3v) is 4.84. The van der Waals surface area contributed by atoms with Crippen molar-refractivity contribution in [3.8, 4) is 0 Å². The van der Waals surface area contributed by atoms with Gasteiger partial charge in [0, 0.05) is 6.54 Å². The Morgan fingerprint density at radius 1 is 1.46 bits per heavy atom. The van der Waals surface area contributed by atoms with E-state index in [1.165, 1.54) is 0 Å². The zero-order valence-corrected chi connectivity index (χ0v) is 8.64. The van der Waals surface area contributed by atoms with E-state index in [1.54, 1.807) is 11.2 Å². The van der Waals surface area contributed by atoms with E-state index in [4.69, 9.17) is 4.74 Å². The molecule has 1 saturated heterocycles. The molecule has 1 aliphatic heterocycles. The van der Waals surface area contributed by atoms with Crippen LogP contribution in [0.2, 0.25) is 0 Å². The van der Waals surface area contributed by atoms with Crippen molar-refractivity contribution < 1.29 is 13.2 Å². The average molecular weight is 205 g/mol. The molecule has 0 aromatic carbocycles. The lowest BCUT2D eigenvalue weighted by Crippen LogP contribution is -2.50. The third kappa shape index (κ3) is 1.49. The minimum absolute atomic E-state index is 0.146. The Morgan fingerprint density at radius 3 is 2.69 bits per heavy atom. The predicted molar refractivity (Wildman–Crippen MR) is 49.0 cm³/mol. The van der Waals surface area contributed by atoms with Crippen LogP contribution in [0.1, 0.15) is 19.8 Å². The van der Waals surface area contributed by atoms with Gasteiger partial charge in [-0.25, -0.2) is 8.42 Å². The van der Waals surface area contributed by atoms with E-state index in [9.17, 15) is 8.42 Å². The van der Waals surface area contributed by atoms with Gasteiger partial charge in [-0.1, -0.05) is 0 Å². The Bertz CT molecular complexity index is 295. The third-order valence-electron chi connectivity index (χ3n) is 2.87. The lowest BCUT2D eigenvalue weighted by atomic mass is 10.2. The average Bonchev–Trinajstić information content (AvgIpc) is 2.86. The summed E-state index contributed by atoms with van der Waals surface area (Å²) in [5.74, 6) is 0.203. The fourth-order valence-corrected chi connectivity index (χ4v) is 3.34. The minimum Gasteiger partial charge on any atom is -0.378 e. The second kappa shape index (κ2) is 2.93. The normalized spacial score (nSPS) is 27.8. The van der Waals surface area contributed by atoms with E-state index in [0.717, 1.165) is 12.8 Å². The van der Waals surface area contributed by atoms with Crippen molar-refractivity contribution in [2.75, 3.05) is 25.5 Å². The van der Waals surface area contributed by atoms with E-state index < -0.39 is 10.0 Å². The van der Waals surface area contributed by atoms with Crippen LogP contribution in [0.25, 0.3) is 0 Å². The van der Waals surface area contributed by atoms with Crippen molar-refractivity contribution in [2.24, 2.45) is 0 Å². The summed E-state index contributed by atoms with van der Waals surface area (Å²) in [7, 11) is -3.01. The molecule has 2 rings (SSSR count). The van der Waals surface area contributed by atoms with Gasteiger partial charge in [0.15, 0.2) is 0 Å². The summed E-state index contributed by atoms with van der Waals surface area (Å²) < 4.78 is 30.3. The topological polar surface area (TPSA) is 46.6 Å². The highest BCUT2D eigenvalue weighted by Gasteiger charge is 2.54. The predicted octanol–water partition coefficient (Wildman–Crippen LogP) is 0.201. The van der Waals surface area contributed by atoms with E-state index in [1.807, 2.05) is 0 Å². The van der Waals surface area contributed by atoms with Crippen molar-refractivity contribution in [3.05, 3.63) is 0 Å². The maximum Gasteiger partial charge on any atom is 0.214 e. The molecule has 0 N–H and O–H groups in total. The summed E-state index contributed by atoms with van der Waals surface area (Å²) >= 11 is 0. The van der Waals surface area contributed by atoms with Gasteiger partial charge in [0.1, 0.15) is 0 Å². The molecule has 1 saturated carbocycles. The molecule has 1 heterocycles. The Morgan fingerprint density at radius 2 is 2.15 bits per heavy atom. The first-order valence-corrected chi connectivity index (χ1v) is 6.30. The van der Waals surface area contributed by atoms with Crippen LogP contribution in [0.15, 0.2) is 0 Å². The van der Waals surface area contributed by atoms with Gasteiger partial charge in [-0.3, -0.25) is 0 Å². The van der Waals surface area contributed by atoms with Crippen LogP contribution in [0, 0.1) is 0 Å². The van der Waals surface area contributed by atoms with Gasteiger partial charge in [0.2, 0.25) is 10.0 Å². The zero-order valence-electron chi connectivity index (χ0n) is 7.82. The number of hydrogen-bond acceptors (Lipinski definition) is 3. The second-order valence-electron chi connectivity index (χ2n) is 3.75. The van der Waals surface area contributed by atoms with E-state index in [0.29, 0.717) is 19.8 Å². The highest BCUT2D eigenvalue weighted by molar-refractivity contribution is 7.89. The molecule has 5 heteroatoms. The fraction of sp³-hybridized carbons (Fsp3) is 1.00. The van der Waals surface area contributed by atoms with Gasteiger partial charge in [0.05, 0.1) is 24.5 Å². The molecule has 2 aliphatic rings. The number of ether oxygens (including phenoxy) is 1. The van der Waals surface area contributed by atoms with Crippen LogP contribution in [0.5, 0.6) is 0 Å². The van der Waals surface area contributed by atoms with Crippen molar-refractivity contribution in [1.29, 1.82) is 0 Å². The first-order valence-electron chi connectivity index (χ1n) is 4.69. The van der Waals surface area contributed by atoms with Crippen LogP contribution in [-0.2, 0) is 14.8 Å². The Kier molecular flexibility index (Phi) is 2.13. The summed E-state index contributed by atoms with van der Waals surface area (Å²) in [6, 6.07) is 0. The molecule has 0 radical (unpaired) electrons. The Balaban J connectivity index is 2.22. The second-order valence-corrected chi connectivity index (χ2v) is 5.93. The van der Waals surface area contributed by atoms with Gasteiger partial charge in [-0.2, -0.15) is 4.31 Å². The first kappa shape index (κ1) is 9.43. The SMILES string of the molecule is CCS(=O)(=O)N1CCOCC12CC2. The van der Waals surface area contributed by atoms with E-state index in [2.05, 4.69) is 0 Å². The summed E-state index contributed by atoms with van der Waals surface area (Å²) in [6.45, 7) is 3.37. The number of nitrogens with zero attached hydrogens (tertiary/aromatic N) is 1. The number of hydrogen-bond donors (Lipinski definition) is 0. The van der Waals surface area contributed by atoms with Crippen molar-refractivity contribution >= 4 is 10.0 Å². The molecule has 1 aliphatic carbocycles. The maximum atomic E-state index is 11.7. The van der Waals surface area contributed by atoms with Crippen molar-refractivity contribution in [1.82, 2.24) is 4.31 Å². The molecule has 2 fully saturated rings. The summed E-state index contributed by atoms with van der Waals surface area (Å²) in [4.78, 5) is 0. The summed E-state index contributed by atoms with van der Waals surface area (Å²) in [5.41, 5.74) is -0.146. The van der Waals surface area contributed by atoms with E-state index in [-0.39, 0.29) is 11.3 Å². The smallest absolute Gasteiger partial charge is 0.214 e. The highest BCUT2D eigenvalue weighted by Crippen LogP contribution is 2.44. The lowest BCUT2D eigenvalue weighted by Gasteiger charge is -2.34. The standard InChI is InChI=1S/C8H15NO3S/c1-2-13(10,11)9-5-6-12-7-8(9)3-4-8/h2-7H2,1H3. The van der Waals surface area contributed by atoms with Crippen LogP contribution < -0.4 is 0 Å². The number of rotatable bonds is 2. The molecule has 0 bridgehead atoms. The molecule has 0 atom stereocenters. The molecule has 13 heavy (non-hydrogen) atoms. The molecule has 1 spiro atoms. The Labute approximate surface area is 78.9 Å². The van der Waals surface area contributed by atoms with Crippen LogP contribution in [0.4, 0.5) is 0 Å². The molecule has 0 unspecified atom stereocenters. The van der Waals surface area contributed by atoms with Crippen molar-refractivity contribution in [3.63, 3.8) is 0 Å². The zero-order chi connectivity index (χ0) is 9.53. The van der Waals surface area contributed by atoms with Crippen LogP contribution >= 0.6 is 0 Å². The van der Waals surface area contributed by atoms with Gasteiger partial charge < -0.3 is 4.74 Å². The number of sulfonamides is 1. The van der Waals surface area contributed by atoms with Crippen LogP contribution in [-0.4, -0.2) is 43.8 Å². The number of morpholine rings is 1. The van der Waals surface area contributed by atoms with E-state index >= 15 is 0 Å². The molecule has 0 amide bonds. The highest BCUT2D eigenvalue weighted by atomic mass is 32.2.